The highest BCUT2D eigenvalue weighted by atomic mass is 35.5. The van der Waals surface area contributed by atoms with Crippen molar-refractivity contribution in [2.45, 2.75) is 27.7 Å². The highest BCUT2D eigenvalue weighted by molar-refractivity contribution is 6.39. The Labute approximate surface area is 191 Å². The van der Waals surface area contributed by atoms with Gasteiger partial charge in [0, 0.05) is 22.1 Å². The molecule has 1 fully saturated rings. The third-order valence-electron chi connectivity index (χ3n) is 5.58. The van der Waals surface area contributed by atoms with Gasteiger partial charge in [0.2, 0.25) is 0 Å². The standard InChI is InChI=1S/C25H22ClN3O3/c1-14-5-9-20(10-6-14)29-24(31)21(23(30)27-25(29)32)12-18-11-16(3)28(17(18)4)22-13-19(26)8-7-15(22)2/h5-13H,1-4H3,(H,27,30,32)/b21-12+. The zero-order valence-corrected chi connectivity index (χ0v) is 18.9. The van der Waals surface area contributed by atoms with Crippen LogP contribution < -0.4 is 10.2 Å². The van der Waals surface area contributed by atoms with Crippen molar-refractivity contribution in [1.82, 2.24) is 9.88 Å². The fourth-order valence-electron chi connectivity index (χ4n) is 3.87. The van der Waals surface area contributed by atoms with Crippen LogP contribution in [0.25, 0.3) is 11.8 Å². The Kier molecular flexibility index (Phi) is 5.48. The number of rotatable bonds is 3. The molecule has 4 rings (SSSR count). The lowest BCUT2D eigenvalue weighted by Crippen LogP contribution is -2.54. The maximum Gasteiger partial charge on any atom is 0.335 e. The zero-order valence-electron chi connectivity index (χ0n) is 18.2. The van der Waals surface area contributed by atoms with Crippen LogP contribution in [0.3, 0.4) is 0 Å². The quantitative estimate of drug-likeness (QED) is 0.452. The third kappa shape index (κ3) is 3.74. The molecule has 162 valence electrons. The van der Waals surface area contributed by atoms with Gasteiger partial charge in [0.25, 0.3) is 11.8 Å². The van der Waals surface area contributed by atoms with E-state index in [-0.39, 0.29) is 5.57 Å². The summed E-state index contributed by atoms with van der Waals surface area (Å²) in [6.07, 6.45) is 1.53. The molecule has 3 aromatic rings. The topological polar surface area (TPSA) is 71.4 Å². The van der Waals surface area contributed by atoms with Crippen molar-refractivity contribution in [2.75, 3.05) is 4.90 Å². The van der Waals surface area contributed by atoms with Gasteiger partial charge in [-0.15, -0.1) is 0 Å². The van der Waals surface area contributed by atoms with Crippen molar-refractivity contribution in [3.05, 3.63) is 87.2 Å². The summed E-state index contributed by atoms with van der Waals surface area (Å²) < 4.78 is 2.03. The second-order valence-corrected chi connectivity index (χ2v) is 8.32. The minimum Gasteiger partial charge on any atom is -0.318 e. The number of carbonyl (C=O) groups is 3. The summed E-state index contributed by atoms with van der Waals surface area (Å²) in [4.78, 5) is 39.1. The third-order valence-corrected chi connectivity index (χ3v) is 5.81. The van der Waals surface area contributed by atoms with Gasteiger partial charge in [0.05, 0.1) is 5.69 Å². The number of aromatic nitrogens is 1. The summed E-state index contributed by atoms with van der Waals surface area (Å²) in [6, 6.07) is 13.7. The van der Waals surface area contributed by atoms with Crippen LogP contribution in [0.1, 0.15) is 28.1 Å². The van der Waals surface area contributed by atoms with E-state index in [4.69, 9.17) is 11.6 Å². The number of hydrogen-bond acceptors (Lipinski definition) is 3. The molecule has 0 atom stereocenters. The fourth-order valence-corrected chi connectivity index (χ4v) is 4.04. The number of halogens is 1. The van der Waals surface area contributed by atoms with E-state index in [9.17, 15) is 14.4 Å². The molecule has 0 radical (unpaired) electrons. The van der Waals surface area contributed by atoms with E-state index in [1.807, 2.05) is 56.5 Å². The van der Waals surface area contributed by atoms with Crippen LogP contribution in [0.5, 0.6) is 0 Å². The summed E-state index contributed by atoms with van der Waals surface area (Å²) >= 11 is 6.21. The van der Waals surface area contributed by atoms with Crippen LogP contribution in [0.4, 0.5) is 10.5 Å². The number of nitrogens with one attached hydrogen (secondary N) is 1. The Balaban J connectivity index is 1.78. The second kappa shape index (κ2) is 8.13. The first-order chi connectivity index (χ1) is 15.2. The van der Waals surface area contributed by atoms with Gasteiger partial charge in [-0.3, -0.25) is 14.9 Å². The Morgan fingerprint density at radius 3 is 2.28 bits per heavy atom. The lowest BCUT2D eigenvalue weighted by atomic mass is 10.1. The Morgan fingerprint density at radius 2 is 1.59 bits per heavy atom. The SMILES string of the molecule is Cc1ccc(N2C(=O)NC(=O)/C(=C\c3cc(C)n(-c4cc(Cl)ccc4C)c3C)C2=O)cc1. The highest BCUT2D eigenvalue weighted by Crippen LogP contribution is 2.28. The lowest BCUT2D eigenvalue weighted by Gasteiger charge is -2.26. The molecule has 0 bridgehead atoms. The smallest absolute Gasteiger partial charge is 0.318 e. The van der Waals surface area contributed by atoms with Gasteiger partial charge in [-0.05, 0) is 75.2 Å². The number of nitrogens with zero attached hydrogens (tertiary/aromatic N) is 2. The maximum atomic E-state index is 13.2. The number of barbiturate groups is 1. The van der Waals surface area contributed by atoms with Crippen molar-refractivity contribution in [1.29, 1.82) is 0 Å². The van der Waals surface area contributed by atoms with E-state index in [0.29, 0.717) is 16.3 Å². The summed E-state index contributed by atoms with van der Waals surface area (Å²) in [5, 5.41) is 2.88. The van der Waals surface area contributed by atoms with Crippen LogP contribution in [-0.4, -0.2) is 22.4 Å². The van der Waals surface area contributed by atoms with Crippen molar-refractivity contribution >= 4 is 41.2 Å². The summed E-state index contributed by atoms with van der Waals surface area (Å²) in [5.74, 6) is -1.38. The lowest BCUT2D eigenvalue weighted by molar-refractivity contribution is -0.122. The molecule has 4 amide bonds. The summed E-state index contributed by atoms with van der Waals surface area (Å²) in [5.41, 5.74) is 5.73. The van der Waals surface area contributed by atoms with Crippen LogP contribution in [-0.2, 0) is 9.59 Å². The molecule has 1 aliphatic heterocycles. The molecular weight excluding hydrogens is 426 g/mol. The van der Waals surface area contributed by atoms with Crippen LogP contribution in [0.15, 0.2) is 54.1 Å². The Hall–Kier alpha value is -3.64. The summed E-state index contributed by atoms with van der Waals surface area (Å²) in [7, 11) is 0. The molecule has 0 saturated carbocycles. The average Bonchev–Trinajstić information content (AvgIpc) is 3.01. The van der Waals surface area contributed by atoms with E-state index in [2.05, 4.69) is 5.32 Å². The van der Waals surface area contributed by atoms with E-state index in [1.54, 1.807) is 24.3 Å². The van der Waals surface area contributed by atoms with Crippen molar-refractivity contribution in [2.24, 2.45) is 0 Å². The minimum absolute atomic E-state index is 0.103. The van der Waals surface area contributed by atoms with Gasteiger partial charge in [-0.1, -0.05) is 35.4 Å². The van der Waals surface area contributed by atoms with E-state index in [0.717, 1.165) is 33.1 Å². The number of anilines is 1. The molecule has 32 heavy (non-hydrogen) atoms. The predicted molar refractivity (Wildman–Crippen MR) is 125 cm³/mol. The molecule has 2 heterocycles. The number of carbonyl (C=O) groups excluding carboxylic acids is 3. The molecule has 1 saturated heterocycles. The summed E-state index contributed by atoms with van der Waals surface area (Å²) in [6.45, 7) is 7.76. The van der Waals surface area contributed by atoms with Gasteiger partial charge >= 0.3 is 6.03 Å². The first-order valence-electron chi connectivity index (χ1n) is 10.1. The normalized spacial score (nSPS) is 15.5. The molecule has 0 aliphatic carbocycles. The first-order valence-corrected chi connectivity index (χ1v) is 10.5. The average molecular weight is 448 g/mol. The molecule has 7 heteroatoms. The molecular formula is C25H22ClN3O3. The van der Waals surface area contributed by atoms with E-state index in [1.165, 1.54) is 6.08 Å². The zero-order chi connectivity index (χ0) is 23.2. The number of benzene rings is 2. The second-order valence-electron chi connectivity index (χ2n) is 7.89. The van der Waals surface area contributed by atoms with Gasteiger partial charge in [-0.2, -0.15) is 0 Å². The number of aryl methyl sites for hydroxylation is 3. The Morgan fingerprint density at radius 1 is 0.906 bits per heavy atom. The van der Waals surface area contributed by atoms with Crippen LogP contribution >= 0.6 is 11.6 Å². The molecule has 1 aliphatic rings. The minimum atomic E-state index is -0.763. The van der Waals surface area contributed by atoms with Gasteiger partial charge in [0.15, 0.2) is 0 Å². The highest BCUT2D eigenvalue weighted by Gasteiger charge is 2.37. The van der Waals surface area contributed by atoms with Crippen LogP contribution in [0.2, 0.25) is 5.02 Å². The number of hydrogen-bond donors (Lipinski definition) is 1. The number of urea groups is 1. The monoisotopic (exact) mass is 447 g/mol. The molecule has 1 aromatic heterocycles. The molecule has 2 aromatic carbocycles. The number of amides is 4. The first kappa shape index (κ1) is 21.6. The van der Waals surface area contributed by atoms with Gasteiger partial charge < -0.3 is 4.57 Å². The van der Waals surface area contributed by atoms with Crippen molar-refractivity contribution in [3.63, 3.8) is 0 Å². The van der Waals surface area contributed by atoms with Crippen LogP contribution in [0, 0.1) is 27.7 Å². The molecule has 6 nitrogen and oxygen atoms in total. The van der Waals surface area contributed by atoms with E-state index >= 15 is 0 Å². The molecule has 0 spiro atoms. The predicted octanol–water partition coefficient (Wildman–Crippen LogP) is 5.03. The Bertz CT molecular complexity index is 1300. The molecule has 1 N–H and O–H groups in total. The van der Waals surface area contributed by atoms with Gasteiger partial charge in [0.1, 0.15) is 5.57 Å². The maximum absolute atomic E-state index is 13.2. The van der Waals surface area contributed by atoms with Crippen molar-refractivity contribution < 1.29 is 14.4 Å². The molecule has 0 unspecified atom stereocenters. The van der Waals surface area contributed by atoms with E-state index < -0.39 is 17.8 Å². The van der Waals surface area contributed by atoms with Gasteiger partial charge in [-0.25, -0.2) is 9.69 Å². The number of imide groups is 2. The fraction of sp³-hybridized carbons (Fsp3) is 0.160. The largest absolute Gasteiger partial charge is 0.335 e. The van der Waals surface area contributed by atoms with Crippen molar-refractivity contribution in [3.8, 4) is 5.69 Å².